The molecule has 0 aromatic heterocycles. The first-order valence-corrected chi connectivity index (χ1v) is 3.50. The first-order valence-electron chi connectivity index (χ1n) is 3.50. The predicted molar refractivity (Wildman–Crippen MR) is 41.9 cm³/mol. The molecule has 0 heterocycles. The summed E-state index contributed by atoms with van der Waals surface area (Å²) in [5.41, 5.74) is -0.576. The molecule has 69 valence electrons. The molecule has 0 atom stereocenters. The van der Waals surface area contributed by atoms with Gasteiger partial charge in [-0.1, -0.05) is 0 Å². The molecule has 0 unspecified atom stereocenters. The average molecular weight is 173 g/mol. The van der Waals surface area contributed by atoms with Gasteiger partial charge in [-0.15, -0.1) is 0 Å². The van der Waals surface area contributed by atoms with Crippen LogP contribution in [0.4, 0.5) is 0 Å². The van der Waals surface area contributed by atoms with Crippen LogP contribution in [0.5, 0.6) is 0 Å². The van der Waals surface area contributed by atoms with Gasteiger partial charge in [0.2, 0.25) is 6.79 Å². The Morgan fingerprint density at radius 2 is 1.75 bits per heavy atom. The summed E-state index contributed by atoms with van der Waals surface area (Å²) in [7, 11) is 0. The minimum atomic E-state index is -0.711. The zero-order valence-electron chi connectivity index (χ0n) is 7.55. The van der Waals surface area contributed by atoms with E-state index >= 15 is 0 Å². The molecule has 0 saturated carbocycles. The van der Waals surface area contributed by atoms with Gasteiger partial charge in [0.25, 0.3) is 0 Å². The summed E-state index contributed by atoms with van der Waals surface area (Å²) in [5.74, 6) is -1.12. The summed E-state index contributed by atoms with van der Waals surface area (Å²) >= 11 is 0. The third-order valence-electron chi connectivity index (χ3n) is 1.02. The Hall–Kier alpha value is -1.06. The van der Waals surface area contributed by atoms with Gasteiger partial charge >= 0.3 is 11.9 Å². The van der Waals surface area contributed by atoms with E-state index in [1.807, 2.05) is 0 Å². The topological polar surface area (TPSA) is 52.6 Å². The van der Waals surface area contributed by atoms with E-state index in [4.69, 9.17) is 0 Å². The third-order valence-corrected chi connectivity index (χ3v) is 1.02. The maximum Gasteiger partial charge on any atom is 0.314 e. The van der Waals surface area contributed by atoms with Gasteiger partial charge in [-0.3, -0.25) is 9.59 Å². The van der Waals surface area contributed by atoms with Gasteiger partial charge in [0, 0.05) is 0 Å². The maximum absolute atomic E-state index is 11.0. The zero-order chi connectivity index (χ0) is 9.78. The second kappa shape index (κ2) is 4.09. The predicted octanol–water partition coefficient (Wildman–Crippen LogP) is 0.910. The second-order valence-corrected chi connectivity index (χ2v) is 3.32. The molecule has 12 heavy (non-hydrogen) atoms. The number of rotatable bonds is 2. The Labute approximate surface area is 71.8 Å². The molecule has 0 saturated heterocycles. The fourth-order valence-corrected chi connectivity index (χ4v) is 0.365. The monoisotopic (exact) mass is 173 g/mol. The van der Waals surface area contributed by atoms with E-state index < -0.39 is 17.4 Å². The summed E-state index contributed by atoms with van der Waals surface area (Å²) < 4.78 is 8.91. The van der Waals surface area contributed by atoms with Crippen molar-refractivity contribution < 1.29 is 19.1 Å². The van der Waals surface area contributed by atoms with E-state index in [-0.39, 0.29) is 6.79 Å². The summed E-state index contributed by atoms with van der Waals surface area (Å²) in [5, 5.41) is 0. The van der Waals surface area contributed by atoms with E-state index in [9.17, 15) is 9.59 Å². The summed E-state index contributed by atoms with van der Waals surface area (Å²) in [6, 6.07) is 0. The van der Waals surface area contributed by atoms with Crippen molar-refractivity contribution in [1.82, 2.24) is 0 Å². The quantitative estimate of drug-likeness (QED) is 0.460. The molecule has 0 aromatic carbocycles. The molecule has 1 radical (unpaired) electrons. The number of carbonyl (C=O) groups excluding carboxylic acids is 2. The lowest BCUT2D eigenvalue weighted by Crippen LogP contribution is -2.24. The first kappa shape index (κ1) is 10.9. The largest absolute Gasteiger partial charge is 0.428 e. The minimum Gasteiger partial charge on any atom is -0.428 e. The fourth-order valence-electron chi connectivity index (χ4n) is 0.365. The van der Waals surface area contributed by atoms with Gasteiger partial charge < -0.3 is 9.47 Å². The van der Waals surface area contributed by atoms with Crippen LogP contribution in [-0.2, 0) is 19.1 Å². The number of hydrogen-bond donors (Lipinski definition) is 0. The van der Waals surface area contributed by atoms with Crippen molar-refractivity contribution >= 4 is 11.9 Å². The average Bonchev–Trinajstić information content (AvgIpc) is 1.84. The molecule has 0 aliphatic carbocycles. The third kappa shape index (κ3) is 4.71. The fraction of sp³-hybridized carbons (Fsp3) is 0.625. The van der Waals surface area contributed by atoms with Gasteiger partial charge in [-0.2, -0.15) is 0 Å². The lowest BCUT2D eigenvalue weighted by molar-refractivity contribution is -0.170. The molecular formula is C8H13O4. The van der Waals surface area contributed by atoms with Crippen LogP contribution < -0.4 is 0 Å². The van der Waals surface area contributed by atoms with Gasteiger partial charge in [0.05, 0.1) is 12.3 Å². The maximum atomic E-state index is 11.0. The number of hydrogen-bond acceptors (Lipinski definition) is 4. The van der Waals surface area contributed by atoms with Crippen LogP contribution in [-0.4, -0.2) is 18.7 Å². The molecule has 0 N–H and O–H groups in total. The van der Waals surface area contributed by atoms with Crippen molar-refractivity contribution in [3.63, 3.8) is 0 Å². The van der Waals surface area contributed by atoms with Crippen LogP contribution in [0.15, 0.2) is 0 Å². The lowest BCUT2D eigenvalue weighted by Gasteiger charge is -2.15. The van der Waals surface area contributed by atoms with Crippen molar-refractivity contribution in [2.24, 2.45) is 5.41 Å². The normalized spacial score (nSPS) is 10.7. The summed E-state index contributed by atoms with van der Waals surface area (Å²) in [6.45, 7) is 7.71. The van der Waals surface area contributed by atoms with Crippen LogP contribution >= 0.6 is 0 Å². The van der Waals surface area contributed by atoms with Crippen LogP contribution in [0.1, 0.15) is 20.8 Å². The van der Waals surface area contributed by atoms with Crippen molar-refractivity contribution in [3.8, 4) is 0 Å². The highest BCUT2D eigenvalue weighted by atomic mass is 16.7. The number of carbonyl (C=O) groups is 2. The molecule has 0 aromatic rings. The van der Waals surface area contributed by atoms with Crippen LogP contribution in [0.25, 0.3) is 0 Å². The molecule has 0 spiro atoms. The van der Waals surface area contributed by atoms with Crippen LogP contribution in [0.3, 0.4) is 0 Å². The molecule has 0 rings (SSSR count). The molecule has 4 heteroatoms. The summed E-state index contributed by atoms with van der Waals surface area (Å²) in [4.78, 5) is 21.2. The van der Waals surface area contributed by atoms with Crippen LogP contribution in [0, 0.1) is 12.3 Å². The number of esters is 2. The van der Waals surface area contributed by atoms with Crippen molar-refractivity contribution in [2.45, 2.75) is 20.8 Å². The van der Waals surface area contributed by atoms with E-state index in [0.717, 1.165) is 0 Å². The number of ether oxygens (including phenoxy) is 2. The molecule has 0 fully saturated rings. The molecular weight excluding hydrogens is 160 g/mol. The van der Waals surface area contributed by atoms with Gasteiger partial charge in [0.15, 0.2) is 0 Å². The highest BCUT2D eigenvalue weighted by Gasteiger charge is 2.22. The molecule has 0 bridgehead atoms. The standard InChI is InChI=1S/C8H13O4/c1-6(9)11-5-12-7(10)8(2,3)4/h1,5H2,2-4H3. The molecule has 0 aliphatic heterocycles. The molecule has 0 aliphatic rings. The van der Waals surface area contributed by atoms with Gasteiger partial charge in [-0.05, 0) is 20.8 Å². The Kier molecular flexibility index (Phi) is 3.73. The van der Waals surface area contributed by atoms with E-state index in [1.165, 1.54) is 0 Å². The van der Waals surface area contributed by atoms with Gasteiger partial charge in [-0.25, -0.2) is 0 Å². The molecule has 4 nitrogen and oxygen atoms in total. The van der Waals surface area contributed by atoms with E-state index in [0.29, 0.717) is 0 Å². The Bertz CT molecular complexity index is 178. The van der Waals surface area contributed by atoms with Crippen molar-refractivity contribution in [2.75, 3.05) is 6.79 Å². The van der Waals surface area contributed by atoms with E-state index in [2.05, 4.69) is 16.4 Å². The first-order chi connectivity index (χ1) is 5.34. The molecule has 0 amide bonds. The minimum absolute atomic E-state index is 0.363. The smallest absolute Gasteiger partial charge is 0.314 e. The van der Waals surface area contributed by atoms with Crippen LogP contribution in [0.2, 0.25) is 0 Å². The Morgan fingerprint density at radius 3 is 2.08 bits per heavy atom. The lowest BCUT2D eigenvalue weighted by atomic mass is 9.98. The highest BCUT2D eigenvalue weighted by molar-refractivity contribution is 5.76. The van der Waals surface area contributed by atoms with Crippen molar-refractivity contribution in [3.05, 3.63) is 6.92 Å². The second-order valence-electron chi connectivity index (χ2n) is 3.32. The van der Waals surface area contributed by atoms with Gasteiger partial charge in [0.1, 0.15) is 0 Å². The van der Waals surface area contributed by atoms with E-state index in [1.54, 1.807) is 20.8 Å². The SMILES string of the molecule is [CH2]C(=O)OCOC(=O)C(C)(C)C. The highest BCUT2D eigenvalue weighted by Crippen LogP contribution is 2.14. The summed E-state index contributed by atoms with van der Waals surface area (Å²) in [6.07, 6.45) is 0. The Balaban J connectivity index is 3.66. The Morgan fingerprint density at radius 1 is 1.25 bits per heavy atom. The zero-order valence-corrected chi connectivity index (χ0v) is 7.55. The van der Waals surface area contributed by atoms with Crippen molar-refractivity contribution in [1.29, 1.82) is 0 Å².